The minimum Gasteiger partial charge on any atom is -0.493 e. The van der Waals surface area contributed by atoms with Crippen LogP contribution in [-0.4, -0.2) is 25.3 Å². The van der Waals surface area contributed by atoms with Gasteiger partial charge in [-0.1, -0.05) is 18.5 Å². The highest BCUT2D eigenvalue weighted by Crippen LogP contribution is 2.37. The lowest BCUT2D eigenvalue weighted by Gasteiger charge is -2.17. The molecule has 0 spiro atoms. The summed E-state index contributed by atoms with van der Waals surface area (Å²) in [7, 11) is 1.52. The van der Waals surface area contributed by atoms with Gasteiger partial charge in [0.1, 0.15) is 5.82 Å². The number of nitrogens with zero attached hydrogens (tertiary/aromatic N) is 1. The molecule has 0 aromatic heterocycles. The van der Waals surface area contributed by atoms with Crippen molar-refractivity contribution >= 4 is 23.7 Å². The molecule has 7 heteroatoms. The number of hydrazone groups is 1. The van der Waals surface area contributed by atoms with Crippen molar-refractivity contribution in [1.29, 1.82) is 0 Å². The number of nitrogens with one attached hydrogen (secondary N) is 1. The third kappa shape index (κ3) is 5.20. The average molecular weight is 379 g/mol. The van der Waals surface area contributed by atoms with Gasteiger partial charge >= 0.3 is 0 Å². The molecule has 1 amide bonds. The zero-order valence-corrected chi connectivity index (χ0v) is 15.5. The Labute approximate surface area is 156 Å². The Morgan fingerprint density at radius 3 is 2.65 bits per heavy atom. The zero-order valence-electron chi connectivity index (χ0n) is 14.8. The van der Waals surface area contributed by atoms with Crippen molar-refractivity contribution in [2.24, 2.45) is 5.10 Å². The van der Waals surface area contributed by atoms with Crippen molar-refractivity contribution in [2.45, 2.75) is 26.4 Å². The van der Waals surface area contributed by atoms with Crippen molar-refractivity contribution in [3.05, 3.63) is 58.4 Å². The standard InChI is InChI=1S/C19H20ClFN2O3/c1-4-12(2)26-18-16(20)9-13(10-17(18)25-3)11-22-23-19(24)14-5-7-15(21)8-6-14/h5-12H,4H2,1-3H3,(H,23,24)/b22-11-/t12-/m0/s1. The largest absolute Gasteiger partial charge is 0.493 e. The third-order valence-electron chi connectivity index (χ3n) is 3.63. The average Bonchev–Trinajstić information content (AvgIpc) is 2.63. The van der Waals surface area contributed by atoms with Crippen LogP contribution >= 0.6 is 11.6 Å². The Balaban J connectivity index is 2.11. The Kier molecular flexibility index (Phi) is 6.97. The predicted octanol–water partition coefficient (Wildman–Crippen LogP) is 4.43. The molecule has 1 N–H and O–H groups in total. The lowest BCUT2D eigenvalue weighted by molar-refractivity contribution is 0.0955. The van der Waals surface area contributed by atoms with Crippen molar-refractivity contribution in [2.75, 3.05) is 7.11 Å². The Bertz CT molecular complexity index is 794. The Hall–Kier alpha value is -2.60. The first-order valence-electron chi connectivity index (χ1n) is 8.07. The van der Waals surface area contributed by atoms with Gasteiger partial charge in [0.2, 0.25) is 0 Å². The highest BCUT2D eigenvalue weighted by molar-refractivity contribution is 6.32. The van der Waals surface area contributed by atoms with Crippen molar-refractivity contribution in [3.8, 4) is 11.5 Å². The van der Waals surface area contributed by atoms with Gasteiger partial charge in [-0.3, -0.25) is 4.79 Å². The van der Waals surface area contributed by atoms with E-state index >= 15 is 0 Å². The number of benzene rings is 2. The molecule has 0 unspecified atom stereocenters. The zero-order chi connectivity index (χ0) is 19.1. The lowest BCUT2D eigenvalue weighted by Crippen LogP contribution is -2.17. The summed E-state index contributed by atoms with van der Waals surface area (Å²) in [5.74, 6) is 0.0858. The quantitative estimate of drug-likeness (QED) is 0.572. The smallest absolute Gasteiger partial charge is 0.271 e. The summed E-state index contributed by atoms with van der Waals surface area (Å²) >= 11 is 6.28. The third-order valence-corrected chi connectivity index (χ3v) is 3.91. The second-order valence-corrected chi connectivity index (χ2v) is 5.98. The maximum Gasteiger partial charge on any atom is 0.271 e. The second kappa shape index (κ2) is 9.20. The molecule has 2 aromatic carbocycles. The van der Waals surface area contributed by atoms with Crippen LogP contribution in [0.5, 0.6) is 11.5 Å². The summed E-state index contributed by atoms with van der Waals surface area (Å²) in [4.78, 5) is 11.9. The maximum atomic E-state index is 12.9. The predicted molar refractivity (Wildman–Crippen MR) is 99.8 cm³/mol. The van der Waals surface area contributed by atoms with Gasteiger partial charge in [0, 0.05) is 5.56 Å². The normalized spacial score (nSPS) is 12.0. The summed E-state index contributed by atoms with van der Waals surface area (Å²) in [5.41, 5.74) is 3.30. The van der Waals surface area contributed by atoms with Crippen LogP contribution in [-0.2, 0) is 0 Å². The van der Waals surface area contributed by atoms with Crippen molar-refractivity contribution in [3.63, 3.8) is 0 Å². The second-order valence-electron chi connectivity index (χ2n) is 5.58. The monoisotopic (exact) mass is 378 g/mol. The minimum absolute atomic E-state index is 0.00378. The molecule has 0 saturated carbocycles. The summed E-state index contributed by atoms with van der Waals surface area (Å²) in [6.07, 6.45) is 2.26. The van der Waals surface area contributed by atoms with Crippen LogP contribution < -0.4 is 14.9 Å². The van der Waals surface area contributed by atoms with Crippen molar-refractivity contribution < 1.29 is 18.7 Å². The van der Waals surface area contributed by atoms with Gasteiger partial charge in [0.25, 0.3) is 5.91 Å². The first-order valence-corrected chi connectivity index (χ1v) is 8.45. The molecule has 0 aliphatic carbocycles. The van der Waals surface area contributed by atoms with Crippen LogP contribution in [0, 0.1) is 5.82 Å². The van der Waals surface area contributed by atoms with E-state index in [-0.39, 0.29) is 6.10 Å². The maximum absolute atomic E-state index is 12.9. The van der Waals surface area contributed by atoms with Crippen LogP contribution in [0.2, 0.25) is 5.02 Å². The van der Waals surface area contributed by atoms with Gasteiger partial charge in [-0.05, 0) is 55.3 Å². The number of carbonyl (C=O) groups excluding carboxylic acids is 1. The van der Waals surface area contributed by atoms with E-state index in [0.29, 0.717) is 27.6 Å². The first-order chi connectivity index (χ1) is 12.4. The van der Waals surface area contributed by atoms with Crippen LogP contribution in [0.4, 0.5) is 4.39 Å². The van der Waals surface area contributed by atoms with E-state index in [1.165, 1.54) is 37.6 Å². The molecule has 2 aromatic rings. The highest BCUT2D eigenvalue weighted by atomic mass is 35.5. The molecule has 0 radical (unpaired) electrons. The van der Waals surface area contributed by atoms with Crippen LogP contribution in [0.25, 0.3) is 0 Å². The van der Waals surface area contributed by atoms with Crippen LogP contribution in [0.1, 0.15) is 36.2 Å². The van der Waals surface area contributed by atoms with E-state index in [2.05, 4.69) is 10.5 Å². The summed E-state index contributed by atoms with van der Waals surface area (Å²) in [5, 5.41) is 4.28. The van der Waals surface area contributed by atoms with Gasteiger partial charge in [0.05, 0.1) is 24.5 Å². The molecular weight excluding hydrogens is 359 g/mol. The van der Waals surface area contributed by atoms with Gasteiger partial charge in [-0.25, -0.2) is 9.82 Å². The van der Waals surface area contributed by atoms with E-state index in [1.807, 2.05) is 13.8 Å². The fraction of sp³-hybridized carbons (Fsp3) is 0.263. The van der Waals surface area contributed by atoms with E-state index < -0.39 is 11.7 Å². The SMILES string of the molecule is CC[C@H](C)Oc1c(Cl)cc(/C=N\NC(=O)c2ccc(F)cc2)cc1OC. The summed E-state index contributed by atoms with van der Waals surface area (Å²) in [6.45, 7) is 3.95. The number of carbonyl (C=O) groups is 1. The van der Waals surface area contributed by atoms with Gasteiger partial charge in [-0.15, -0.1) is 0 Å². The molecular formula is C19H20ClFN2O3. The molecule has 0 fully saturated rings. The summed E-state index contributed by atoms with van der Waals surface area (Å²) in [6, 6.07) is 8.53. The van der Waals surface area contributed by atoms with Crippen LogP contribution in [0.15, 0.2) is 41.5 Å². The molecule has 0 aliphatic heterocycles. The molecule has 0 bridgehead atoms. The van der Waals surface area contributed by atoms with E-state index in [1.54, 1.807) is 12.1 Å². The van der Waals surface area contributed by atoms with E-state index in [0.717, 1.165) is 6.42 Å². The highest BCUT2D eigenvalue weighted by Gasteiger charge is 2.14. The minimum atomic E-state index is -0.448. The molecule has 26 heavy (non-hydrogen) atoms. The number of hydrogen-bond donors (Lipinski definition) is 1. The number of hydrogen-bond acceptors (Lipinski definition) is 4. The Morgan fingerprint density at radius 2 is 2.04 bits per heavy atom. The van der Waals surface area contributed by atoms with Gasteiger partial charge < -0.3 is 9.47 Å². The van der Waals surface area contributed by atoms with E-state index in [4.69, 9.17) is 21.1 Å². The first kappa shape index (κ1) is 19.7. The molecule has 1 atom stereocenters. The Morgan fingerprint density at radius 1 is 1.35 bits per heavy atom. The number of ether oxygens (including phenoxy) is 2. The topological polar surface area (TPSA) is 59.9 Å². The summed E-state index contributed by atoms with van der Waals surface area (Å²) < 4.78 is 24.0. The number of halogens is 2. The number of rotatable bonds is 7. The molecule has 5 nitrogen and oxygen atoms in total. The molecule has 0 heterocycles. The molecule has 138 valence electrons. The van der Waals surface area contributed by atoms with Gasteiger partial charge in [-0.2, -0.15) is 5.10 Å². The fourth-order valence-corrected chi connectivity index (χ4v) is 2.31. The number of amides is 1. The number of methoxy groups -OCH3 is 1. The fourth-order valence-electron chi connectivity index (χ4n) is 2.04. The lowest BCUT2D eigenvalue weighted by atomic mass is 10.2. The molecule has 2 rings (SSSR count). The van der Waals surface area contributed by atoms with Gasteiger partial charge in [0.15, 0.2) is 11.5 Å². The van der Waals surface area contributed by atoms with Crippen molar-refractivity contribution in [1.82, 2.24) is 5.43 Å². The molecule has 0 aliphatic rings. The van der Waals surface area contributed by atoms with E-state index in [9.17, 15) is 9.18 Å². The van der Waals surface area contributed by atoms with Crippen LogP contribution in [0.3, 0.4) is 0 Å². The molecule has 0 saturated heterocycles.